The maximum atomic E-state index is 5.89. The summed E-state index contributed by atoms with van der Waals surface area (Å²) in [7, 11) is 0. The second-order valence-electron chi connectivity index (χ2n) is 7.62. The number of nitrogens with two attached hydrogens (primary N) is 1. The Balaban J connectivity index is 1.46. The SMILES string of the molecule is Cc1cccc(/C=N/Nc2cc(N3CCOCC3)nc(OCCc3ccc(N)cc3)n2)c1. The van der Waals surface area contributed by atoms with Crippen molar-refractivity contribution in [1.29, 1.82) is 0 Å². The topological polar surface area (TPSA) is 97.9 Å². The number of morpholine rings is 1. The molecule has 2 heterocycles. The Morgan fingerprint density at radius 1 is 1.12 bits per heavy atom. The van der Waals surface area contributed by atoms with Gasteiger partial charge in [0.1, 0.15) is 5.82 Å². The molecule has 1 saturated heterocycles. The van der Waals surface area contributed by atoms with E-state index in [1.54, 1.807) is 6.21 Å². The van der Waals surface area contributed by atoms with E-state index in [4.69, 9.17) is 15.2 Å². The smallest absolute Gasteiger partial charge is 0.320 e. The zero-order valence-corrected chi connectivity index (χ0v) is 18.2. The Morgan fingerprint density at radius 2 is 1.94 bits per heavy atom. The fourth-order valence-corrected chi connectivity index (χ4v) is 3.36. The van der Waals surface area contributed by atoms with Crippen molar-refractivity contribution < 1.29 is 9.47 Å². The molecule has 0 bridgehead atoms. The van der Waals surface area contributed by atoms with Gasteiger partial charge in [-0.1, -0.05) is 42.0 Å². The van der Waals surface area contributed by atoms with Gasteiger partial charge in [0.15, 0.2) is 5.82 Å². The molecule has 4 rings (SSSR count). The molecule has 0 radical (unpaired) electrons. The molecular formula is C24H28N6O2. The third kappa shape index (κ3) is 6.18. The number of hydrogen-bond donors (Lipinski definition) is 2. The molecule has 1 fully saturated rings. The average molecular weight is 433 g/mol. The molecule has 0 atom stereocenters. The lowest BCUT2D eigenvalue weighted by atomic mass is 10.1. The van der Waals surface area contributed by atoms with Crippen molar-refractivity contribution in [3.8, 4) is 6.01 Å². The van der Waals surface area contributed by atoms with E-state index >= 15 is 0 Å². The van der Waals surface area contributed by atoms with Crippen LogP contribution >= 0.6 is 0 Å². The zero-order chi connectivity index (χ0) is 22.2. The highest BCUT2D eigenvalue weighted by atomic mass is 16.5. The van der Waals surface area contributed by atoms with Crippen LogP contribution in [0.25, 0.3) is 0 Å². The number of hydrazone groups is 1. The van der Waals surface area contributed by atoms with Gasteiger partial charge < -0.3 is 20.1 Å². The molecule has 8 heteroatoms. The first kappa shape index (κ1) is 21.6. The van der Waals surface area contributed by atoms with Gasteiger partial charge in [-0.05, 0) is 30.2 Å². The minimum atomic E-state index is 0.317. The molecule has 8 nitrogen and oxygen atoms in total. The first-order valence-electron chi connectivity index (χ1n) is 10.7. The van der Waals surface area contributed by atoms with Gasteiger partial charge in [0.25, 0.3) is 0 Å². The van der Waals surface area contributed by atoms with Crippen molar-refractivity contribution in [2.24, 2.45) is 5.10 Å². The molecule has 3 aromatic rings. The number of nitrogens with zero attached hydrogens (tertiary/aromatic N) is 4. The van der Waals surface area contributed by atoms with E-state index in [0.717, 1.165) is 42.1 Å². The van der Waals surface area contributed by atoms with Crippen LogP contribution in [0, 0.1) is 6.92 Å². The summed E-state index contributed by atoms with van der Waals surface area (Å²) in [6.45, 7) is 5.40. The van der Waals surface area contributed by atoms with Crippen LogP contribution in [0.15, 0.2) is 59.7 Å². The van der Waals surface area contributed by atoms with Gasteiger partial charge in [-0.25, -0.2) is 0 Å². The molecule has 0 aliphatic carbocycles. The highest BCUT2D eigenvalue weighted by molar-refractivity contribution is 5.80. The molecule has 0 saturated carbocycles. The van der Waals surface area contributed by atoms with Crippen molar-refractivity contribution in [2.75, 3.05) is 49.0 Å². The van der Waals surface area contributed by atoms with E-state index in [9.17, 15) is 0 Å². The van der Waals surface area contributed by atoms with E-state index in [1.165, 1.54) is 5.56 Å². The Bertz CT molecular complexity index is 1050. The van der Waals surface area contributed by atoms with Gasteiger partial charge in [0.05, 0.1) is 26.0 Å². The monoisotopic (exact) mass is 432 g/mol. The first-order valence-corrected chi connectivity index (χ1v) is 10.7. The summed E-state index contributed by atoms with van der Waals surface area (Å²) < 4.78 is 11.4. The lowest BCUT2D eigenvalue weighted by molar-refractivity contribution is 0.122. The van der Waals surface area contributed by atoms with E-state index in [1.807, 2.05) is 42.5 Å². The Kier molecular flexibility index (Phi) is 7.14. The molecule has 1 aliphatic heterocycles. The zero-order valence-electron chi connectivity index (χ0n) is 18.2. The predicted octanol–water partition coefficient (Wildman–Crippen LogP) is 3.27. The quantitative estimate of drug-likeness (QED) is 0.320. The number of anilines is 3. The molecule has 1 aliphatic rings. The maximum Gasteiger partial charge on any atom is 0.320 e. The summed E-state index contributed by atoms with van der Waals surface area (Å²) in [5.74, 6) is 1.37. The second kappa shape index (κ2) is 10.6. The van der Waals surface area contributed by atoms with Crippen LogP contribution in [0.2, 0.25) is 0 Å². The highest BCUT2D eigenvalue weighted by Crippen LogP contribution is 2.21. The Hall–Kier alpha value is -3.65. The number of rotatable bonds is 8. The third-order valence-electron chi connectivity index (χ3n) is 5.06. The first-order chi connectivity index (χ1) is 15.7. The van der Waals surface area contributed by atoms with Crippen LogP contribution in [0.3, 0.4) is 0 Å². The normalized spacial score (nSPS) is 14.0. The molecule has 0 amide bonds. The summed E-state index contributed by atoms with van der Waals surface area (Å²) in [5.41, 5.74) is 12.9. The van der Waals surface area contributed by atoms with Crippen LogP contribution < -0.4 is 20.8 Å². The van der Waals surface area contributed by atoms with Crippen molar-refractivity contribution in [3.05, 3.63) is 71.3 Å². The van der Waals surface area contributed by atoms with Gasteiger partial charge in [-0.2, -0.15) is 15.1 Å². The van der Waals surface area contributed by atoms with Crippen molar-refractivity contribution in [3.63, 3.8) is 0 Å². The minimum absolute atomic E-state index is 0.317. The molecule has 3 N–H and O–H groups in total. The molecule has 32 heavy (non-hydrogen) atoms. The van der Waals surface area contributed by atoms with Crippen LogP contribution in [-0.2, 0) is 11.2 Å². The molecule has 0 spiro atoms. The predicted molar refractivity (Wildman–Crippen MR) is 128 cm³/mol. The molecule has 0 unspecified atom stereocenters. The average Bonchev–Trinajstić information content (AvgIpc) is 2.81. The summed E-state index contributed by atoms with van der Waals surface area (Å²) in [4.78, 5) is 11.3. The molecule has 1 aromatic heterocycles. The molecule has 2 aromatic carbocycles. The van der Waals surface area contributed by atoms with E-state index < -0.39 is 0 Å². The Labute approximate surface area is 188 Å². The number of benzene rings is 2. The third-order valence-corrected chi connectivity index (χ3v) is 5.06. The lowest BCUT2D eigenvalue weighted by Crippen LogP contribution is -2.36. The maximum absolute atomic E-state index is 5.89. The minimum Gasteiger partial charge on any atom is -0.463 e. The number of ether oxygens (including phenoxy) is 2. The van der Waals surface area contributed by atoms with Crippen LogP contribution in [0.4, 0.5) is 17.3 Å². The Morgan fingerprint density at radius 3 is 2.72 bits per heavy atom. The summed E-state index contributed by atoms with van der Waals surface area (Å²) in [6.07, 6.45) is 2.50. The molecular weight excluding hydrogens is 404 g/mol. The van der Waals surface area contributed by atoms with Crippen molar-refractivity contribution in [1.82, 2.24) is 9.97 Å². The van der Waals surface area contributed by atoms with Gasteiger partial charge in [-0.15, -0.1) is 0 Å². The number of nitrogen functional groups attached to an aromatic ring is 1. The van der Waals surface area contributed by atoms with Gasteiger partial charge in [0.2, 0.25) is 0 Å². The summed E-state index contributed by atoms with van der Waals surface area (Å²) in [5, 5.41) is 4.34. The van der Waals surface area contributed by atoms with E-state index in [2.05, 4.69) is 44.5 Å². The fraction of sp³-hybridized carbons (Fsp3) is 0.292. The van der Waals surface area contributed by atoms with Crippen LogP contribution in [0.5, 0.6) is 6.01 Å². The van der Waals surface area contributed by atoms with Gasteiger partial charge in [0, 0.05) is 31.3 Å². The number of hydrogen-bond acceptors (Lipinski definition) is 8. The standard InChI is InChI=1S/C24H28N6O2/c1-18-3-2-4-20(15-18)17-26-29-22-16-23(30-10-13-31-14-11-30)28-24(27-22)32-12-9-19-5-7-21(25)8-6-19/h2-8,15-17H,9-14,25H2,1H3,(H,27,28,29)/b26-17+. The number of aromatic nitrogens is 2. The van der Waals surface area contributed by atoms with Gasteiger partial charge in [-0.3, -0.25) is 5.43 Å². The van der Waals surface area contributed by atoms with Gasteiger partial charge >= 0.3 is 6.01 Å². The van der Waals surface area contributed by atoms with E-state index in [0.29, 0.717) is 31.6 Å². The van der Waals surface area contributed by atoms with Crippen LogP contribution in [0.1, 0.15) is 16.7 Å². The molecule has 166 valence electrons. The largest absolute Gasteiger partial charge is 0.463 e. The highest BCUT2D eigenvalue weighted by Gasteiger charge is 2.15. The van der Waals surface area contributed by atoms with E-state index in [-0.39, 0.29) is 0 Å². The van der Waals surface area contributed by atoms with Crippen molar-refractivity contribution in [2.45, 2.75) is 13.3 Å². The second-order valence-corrected chi connectivity index (χ2v) is 7.62. The summed E-state index contributed by atoms with van der Waals surface area (Å²) in [6, 6.07) is 18.1. The summed E-state index contributed by atoms with van der Waals surface area (Å²) >= 11 is 0. The number of nitrogens with one attached hydrogen (secondary N) is 1. The van der Waals surface area contributed by atoms with Crippen molar-refractivity contribution >= 4 is 23.5 Å². The fourth-order valence-electron chi connectivity index (χ4n) is 3.36. The van der Waals surface area contributed by atoms with Crippen LogP contribution in [-0.4, -0.2) is 49.1 Å². The number of aryl methyl sites for hydroxylation is 1. The lowest BCUT2D eigenvalue weighted by Gasteiger charge is -2.28.